The Morgan fingerprint density at radius 3 is 3.00 bits per heavy atom. The van der Waals surface area contributed by atoms with Crippen molar-refractivity contribution >= 4 is 23.2 Å². The zero-order valence-electron chi connectivity index (χ0n) is 12.2. The van der Waals surface area contributed by atoms with Gasteiger partial charge in [0.1, 0.15) is 0 Å². The van der Waals surface area contributed by atoms with Crippen molar-refractivity contribution in [3.8, 4) is 0 Å². The van der Waals surface area contributed by atoms with Crippen LogP contribution >= 0.6 is 11.6 Å². The zero-order valence-corrected chi connectivity index (χ0v) is 12.9. The molecular weight excluding hydrogens is 286 g/mol. The van der Waals surface area contributed by atoms with Crippen LogP contribution in [0, 0.1) is 19.8 Å². The topological polar surface area (TPSA) is 46.9 Å². The summed E-state index contributed by atoms with van der Waals surface area (Å²) in [6, 6.07) is 3.90. The number of benzene rings is 1. The van der Waals surface area contributed by atoms with Crippen molar-refractivity contribution in [3.63, 3.8) is 0 Å². The number of nitrogens with one attached hydrogen (secondary N) is 1. The molecule has 1 atom stereocenters. The van der Waals surface area contributed by atoms with Crippen LogP contribution in [0.3, 0.4) is 0 Å². The number of halogens is 1. The summed E-state index contributed by atoms with van der Waals surface area (Å²) >= 11 is 6.25. The maximum atomic E-state index is 12.5. The van der Waals surface area contributed by atoms with Gasteiger partial charge in [0, 0.05) is 30.8 Å². The van der Waals surface area contributed by atoms with Crippen molar-refractivity contribution < 1.29 is 4.79 Å². The van der Waals surface area contributed by atoms with Gasteiger partial charge in [0.25, 0.3) is 0 Å². The molecule has 5 heteroatoms. The first-order chi connectivity index (χ1) is 10.0. The predicted molar refractivity (Wildman–Crippen MR) is 83.6 cm³/mol. The quantitative estimate of drug-likeness (QED) is 0.925. The summed E-state index contributed by atoms with van der Waals surface area (Å²) in [7, 11) is 0. The SMILES string of the molecule is Cc1cc(C)c(NC(=O)C2CCn3cncc3C2)c(Cl)c1. The molecule has 1 unspecified atom stereocenters. The van der Waals surface area contributed by atoms with Crippen LogP contribution in [0.2, 0.25) is 5.02 Å². The molecule has 2 heterocycles. The van der Waals surface area contributed by atoms with E-state index in [1.54, 1.807) is 0 Å². The van der Waals surface area contributed by atoms with Crippen LogP contribution < -0.4 is 5.32 Å². The molecule has 21 heavy (non-hydrogen) atoms. The molecule has 110 valence electrons. The summed E-state index contributed by atoms with van der Waals surface area (Å²) in [5.41, 5.74) is 3.94. The lowest BCUT2D eigenvalue weighted by Crippen LogP contribution is -2.30. The van der Waals surface area contributed by atoms with E-state index in [1.165, 1.54) is 0 Å². The number of rotatable bonds is 2. The second-order valence-electron chi connectivity index (χ2n) is 5.70. The van der Waals surface area contributed by atoms with Crippen molar-refractivity contribution in [3.05, 3.63) is 46.5 Å². The molecule has 1 aromatic heterocycles. The largest absolute Gasteiger partial charge is 0.335 e. The average molecular weight is 304 g/mol. The summed E-state index contributed by atoms with van der Waals surface area (Å²) in [6.07, 6.45) is 5.22. The Hall–Kier alpha value is -1.81. The first-order valence-electron chi connectivity index (χ1n) is 7.11. The van der Waals surface area contributed by atoms with E-state index in [0.29, 0.717) is 5.02 Å². The van der Waals surface area contributed by atoms with Crippen molar-refractivity contribution in [1.29, 1.82) is 0 Å². The van der Waals surface area contributed by atoms with Crippen LogP contribution in [0.5, 0.6) is 0 Å². The van der Waals surface area contributed by atoms with Gasteiger partial charge in [0.2, 0.25) is 5.91 Å². The number of carbonyl (C=O) groups excluding carboxylic acids is 1. The first-order valence-corrected chi connectivity index (χ1v) is 7.49. The Balaban J connectivity index is 1.76. The fourth-order valence-corrected chi connectivity index (χ4v) is 3.26. The van der Waals surface area contributed by atoms with Gasteiger partial charge in [-0.15, -0.1) is 0 Å². The maximum Gasteiger partial charge on any atom is 0.227 e. The van der Waals surface area contributed by atoms with Gasteiger partial charge in [-0.2, -0.15) is 0 Å². The van der Waals surface area contributed by atoms with Crippen LogP contribution in [-0.2, 0) is 17.8 Å². The third-order valence-electron chi connectivity index (χ3n) is 4.02. The van der Waals surface area contributed by atoms with Crippen LogP contribution in [0.1, 0.15) is 23.2 Å². The monoisotopic (exact) mass is 303 g/mol. The first kappa shape index (κ1) is 14.1. The highest BCUT2D eigenvalue weighted by Gasteiger charge is 2.25. The van der Waals surface area contributed by atoms with Crippen molar-refractivity contribution in [2.75, 3.05) is 5.32 Å². The fraction of sp³-hybridized carbons (Fsp3) is 0.375. The lowest BCUT2D eigenvalue weighted by atomic mass is 9.95. The molecule has 0 spiro atoms. The number of anilines is 1. The summed E-state index contributed by atoms with van der Waals surface area (Å²) in [5.74, 6) is 0.0160. The molecule has 0 saturated carbocycles. The van der Waals surface area contributed by atoms with Gasteiger partial charge in [-0.3, -0.25) is 4.79 Å². The normalized spacial score (nSPS) is 17.4. The van der Waals surface area contributed by atoms with Gasteiger partial charge < -0.3 is 9.88 Å². The number of hydrogen-bond acceptors (Lipinski definition) is 2. The molecule has 0 radical (unpaired) electrons. The highest BCUT2D eigenvalue weighted by atomic mass is 35.5. The molecule has 1 aliphatic heterocycles. The second kappa shape index (κ2) is 5.53. The Kier molecular flexibility index (Phi) is 3.72. The molecule has 4 nitrogen and oxygen atoms in total. The standard InChI is InChI=1S/C16H18ClN3O/c1-10-5-11(2)15(14(17)6-10)19-16(21)12-3-4-20-9-18-8-13(20)7-12/h5-6,8-9,12H,3-4,7H2,1-2H3,(H,19,21). The summed E-state index contributed by atoms with van der Waals surface area (Å²) < 4.78 is 2.11. The van der Waals surface area contributed by atoms with Gasteiger partial charge in [-0.1, -0.05) is 17.7 Å². The molecule has 2 aromatic rings. The number of aryl methyl sites for hydroxylation is 3. The molecule has 1 aromatic carbocycles. The van der Waals surface area contributed by atoms with E-state index in [2.05, 4.69) is 14.9 Å². The van der Waals surface area contributed by atoms with E-state index in [0.717, 1.165) is 41.9 Å². The Morgan fingerprint density at radius 1 is 1.43 bits per heavy atom. The molecule has 3 rings (SSSR count). The van der Waals surface area contributed by atoms with Crippen molar-refractivity contribution in [2.45, 2.75) is 33.2 Å². The molecular formula is C16H18ClN3O. The summed E-state index contributed by atoms with van der Waals surface area (Å²) in [5, 5.41) is 3.60. The van der Waals surface area contributed by atoms with Crippen molar-refractivity contribution in [1.82, 2.24) is 9.55 Å². The van der Waals surface area contributed by atoms with Crippen LogP contribution in [0.4, 0.5) is 5.69 Å². The lowest BCUT2D eigenvalue weighted by molar-refractivity contribution is -0.120. The average Bonchev–Trinajstić information content (AvgIpc) is 2.89. The van der Waals surface area contributed by atoms with Gasteiger partial charge in [-0.25, -0.2) is 4.98 Å². The number of amides is 1. The van der Waals surface area contributed by atoms with E-state index in [9.17, 15) is 4.79 Å². The van der Waals surface area contributed by atoms with Gasteiger partial charge >= 0.3 is 0 Å². The number of nitrogens with zero attached hydrogens (tertiary/aromatic N) is 2. The number of carbonyl (C=O) groups is 1. The smallest absolute Gasteiger partial charge is 0.227 e. The number of fused-ring (bicyclic) bond motifs is 1. The van der Waals surface area contributed by atoms with Crippen LogP contribution in [-0.4, -0.2) is 15.5 Å². The minimum Gasteiger partial charge on any atom is -0.335 e. The van der Waals surface area contributed by atoms with E-state index in [4.69, 9.17) is 11.6 Å². The molecule has 0 fully saturated rings. The van der Waals surface area contributed by atoms with E-state index in [-0.39, 0.29) is 11.8 Å². The minimum atomic E-state index is -0.0223. The Bertz CT molecular complexity index is 670. The predicted octanol–water partition coefficient (Wildman–Crippen LogP) is 3.35. The highest BCUT2D eigenvalue weighted by molar-refractivity contribution is 6.34. The van der Waals surface area contributed by atoms with E-state index >= 15 is 0 Å². The molecule has 0 aliphatic carbocycles. The van der Waals surface area contributed by atoms with Crippen LogP contribution in [0.15, 0.2) is 24.7 Å². The number of aromatic nitrogens is 2. The highest BCUT2D eigenvalue weighted by Crippen LogP contribution is 2.29. The van der Waals surface area contributed by atoms with E-state index < -0.39 is 0 Å². The Labute approximate surface area is 129 Å². The molecule has 1 N–H and O–H groups in total. The van der Waals surface area contributed by atoms with Crippen molar-refractivity contribution in [2.24, 2.45) is 5.92 Å². The molecule has 0 saturated heterocycles. The Morgan fingerprint density at radius 2 is 2.24 bits per heavy atom. The van der Waals surface area contributed by atoms with Gasteiger partial charge in [0.15, 0.2) is 0 Å². The second-order valence-corrected chi connectivity index (χ2v) is 6.10. The third kappa shape index (κ3) is 2.81. The molecule has 1 amide bonds. The zero-order chi connectivity index (χ0) is 15.0. The summed E-state index contributed by atoms with van der Waals surface area (Å²) in [4.78, 5) is 16.6. The fourth-order valence-electron chi connectivity index (χ4n) is 2.89. The molecule has 1 aliphatic rings. The number of hydrogen-bond donors (Lipinski definition) is 1. The van der Waals surface area contributed by atoms with Gasteiger partial charge in [-0.05, 0) is 37.5 Å². The molecule has 0 bridgehead atoms. The van der Waals surface area contributed by atoms with Crippen LogP contribution in [0.25, 0.3) is 0 Å². The van der Waals surface area contributed by atoms with Gasteiger partial charge in [0.05, 0.1) is 17.0 Å². The number of imidazole rings is 1. The minimum absolute atomic E-state index is 0.0223. The van der Waals surface area contributed by atoms with E-state index in [1.807, 2.05) is 38.5 Å². The third-order valence-corrected chi connectivity index (χ3v) is 4.32. The lowest BCUT2D eigenvalue weighted by Gasteiger charge is -2.23. The maximum absolute atomic E-state index is 12.5. The summed E-state index contributed by atoms with van der Waals surface area (Å²) in [6.45, 7) is 4.80.